The third-order valence-electron chi connectivity index (χ3n) is 3.20. The summed E-state index contributed by atoms with van der Waals surface area (Å²) in [5.41, 5.74) is 1.18. The van der Waals surface area contributed by atoms with E-state index in [2.05, 4.69) is 41.2 Å². The molecule has 2 unspecified atom stereocenters. The van der Waals surface area contributed by atoms with Crippen LogP contribution in [0.5, 0.6) is 5.75 Å². The number of fused-ring (bicyclic) bond motifs is 1. The Morgan fingerprint density at radius 2 is 2.11 bits per heavy atom. The van der Waals surface area contributed by atoms with Gasteiger partial charge in [-0.15, -0.1) is 0 Å². The maximum absolute atomic E-state index is 6.26. The van der Waals surface area contributed by atoms with Gasteiger partial charge in [-0.1, -0.05) is 47.8 Å². The average Bonchev–Trinajstić information content (AvgIpc) is 2.65. The third-order valence-corrected chi connectivity index (χ3v) is 3.94. The molecule has 0 spiro atoms. The molecule has 1 heterocycles. The van der Waals surface area contributed by atoms with Crippen molar-refractivity contribution in [2.24, 2.45) is 0 Å². The molecule has 1 aromatic carbocycles. The van der Waals surface area contributed by atoms with Gasteiger partial charge in [0.1, 0.15) is 11.9 Å². The second kappa shape index (κ2) is 6.27. The van der Waals surface area contributed by atoms with Crippen LogP contribution < -0.4 is 10.1 Å². The first-order chi connectivity index (χ1) is 8.67. The van der Waals surface area contributed by atoms with Crippen molar-refractivity contribution in [2.75, 3.05) is 6.54 Å². The lowest BCUT2D eigenvalue weighted by molar-refractivity contribution is 0.178. The van der Waals surface area contributed by atoms with Gasteiger partial charge in [-0.2, -0.15) is 0 Å². The van der Waals surface area contributed by atoms with E-state index < -0.39 is 0 Å². The largest absolute Gasteiger partial charge is 0.487 e. The lowest BCUT2D eigenvalue weighted by atomic mass is 10.0. The van der Waals surface area contributed by atoms with Crippen LogP contribution >= 0.6 is 27.5 Å². The Balaban J connectivity index is 2.29. The van der Waals surface area contributed by atoms with Gasteiger partial charge in [0, 0.05) is 10.0 Å². The van der Waals surface area contributed by atoms with Gasteiger partial charge < -0.3 is 10.1 Å². The maximum Gasteiger partial charge on any atom is 0.143 e. The number of nitrogens with one attached hydrogen (secondary N) is 1. The molecule has 1 aliphatic rings. The summed E-state index contributed by atoms with van der Waals surface area (Å²) in [6.07, 6.45) is 3.47. The number of halogens is 2. The van der Waals surface area contributed by atoms with Crippen LogP contribution in [0.25, 0.3) is 0 Å². The lowest BCUT2D eigenvalue weighted by Gasteiger charge is -2.19. The minimum Gasteiger partial charge on any atom is -0.487 e. The van der Waals surface area contributed by atoms with Crippen molar-refractivity contribution in [3.63, 3.8) is 0 Å². The summed E-state index contributed by atoms with van der Waals surface area (Å²) in [6.45, 7) is 5.35. The molecule has 0 fully saturated rings. The van der Waals surface area contributed by atoms with Gasteiger partial charge in [-0.3, -0.25) is 0 Å². The molecule has 1 aromatic rings. The Morgan fingerprint density at radius 3 is 2.78 bits per heavy atom. The predicted octanol–water partition coefficient (Wildman–Crippen LogP) is 4.70. The zero-order chi connectivity index (χ0) is 13.1. The fraction of sp³-hybridized carbons (Fsp3) is 0.571. The summed E-state index contributed by atoms with van der Waals surface area (Å²) in [5, 5.41) is 4.27. The van der Waals surface area contributed by atoms with Crippen LogP contribution in [-0.4, -0.2) is 12.6 Å². The summed E-state index contributed by atoms with van der Waals surface area (Å²) < 4.78 is 7.04. The quantitative estimate of drug-likeness (QED) is 0.843. The van der Waals surface area contributed by atoms with Crippen molar-refractivity contribution >= 4 is 27.5 Å². The first-order valence-electron chi connectivity index (χ1n) is 6.56. The topological polar surface area (TPSA) is 21.3 Å². The van der Waals surface area contributed by atoms with Gasteiger partial charge in [0.05, 0.1) is 11.1 Å². The van der Waals surface area contributed by atoms with E-state index in [9.17, 15) is 0 Å². The molecule has 100 valence electrons. The zero-order valence-electron chi connectivity index (χ0n) is 10.8. The Labute approximate surface area is 122 Å². The predicted molar refractivity (Wildman–Crippen MR) is 79.5 cm³/mol. The Kier molecular flexibility index (Phi) is 4.93. The van der Waals surface area contributed by atoms with E-state index in [1.54, 1.807) is 0 Å². The molecule has 0 amide bonds. The van der Waals surface area contributed by atoms with E-state index in [1.807, 2.05) is 6.07 Å². The van der Waals surface area contributed by atoms with Crippen LogP contribution in [-0.2, 0) is 0 Å². The Bertz CT molecular complexity index is 425. The Hall–Kier alpha value is -0.250. The molecule has 0 saturated carbocycles. The van der Waals surface area contributed by atoms with Gasteiger partial charge in [0.25, 0.3) is 0 Å². The standard InChI is InChI=1S/C14H19BrClNO/c1-3-5-12-13(17-6-4-2)10-7-9(15)8-11(16)14(10)18-12/h7-8,12-13,17H,3-6H2,1-2H3. The second-order valence-corrected chi connectivity index (χ2v) is 6.01. The van der Waals surface area contributed by atoms with Crippen LogP contribution in [0.4, 0.5) is 0 Å². The van der Waals surface area contributed by atoms with Crippen molar-refractivity contribution in [3.8, 4) is 5.75 Å². The van der Waals surface area contributed by atoms with Crippen LogP contribution in [0.15, 0.2) is 16.6 Å². The first-order valence-corrected chi connectivity index (χ1v) is 7.73. The highest BCUT2D eigenvalue weighted by Crippen LogP contribution is 2.44. The molecule has 0 aliphatic carbocycles. The molecule has 0 bridgehead atoms. The Morgan fingerprint density at radius 1 is 1.33 bits per heavy atom. The van der Waals surface area contributed by atoms with Crippen LogP contribution in [0.3, 0.4) is 0 Å². The van der Waals surface area contributed by atoms with Crippen molar-refractivity contribution in [3.05, 3.63) is 27.2 Å². The van der Waals surface area contributed by atoms with Gasteiger partial charge in [0.2, 0.25) is 0 Å². The molecule has 1 aliphatic heterocycles. The molecular weight excluding hydrogens is 314 g/mol. The number of benzene rings is 1. The molecule has 0 saturated heterocycles. The van der Waals surface area contributed by atoms with Gasteiger partial charge in [0.15, 0.2) is 0 Å². The molecular formula is C14H19BrClNO. The van der Waals surface area contributed by atoms with Crippen LogP contribution in [0.1, 0.15) is 44.7 Å². The molecule has 1 N–H and O–H groups in total. The smallest absolute Gasteiger partial charge is 0.143 e. The molecule has 2 rings (SSSR count). The second-order valence-electron chi connectivity index (χ2n) is 4.68. The molecule has 0 aromatic heterocycles. The van der Waals surface area contributed by atoms with E-state index in [0.29, 0.717) is 5.02 Å². The SMILES string of the molecule is CCCNC1c2cc(Br)cc(Cl)c2OC1CCC. The number of ether oxygens (including phenoxy) is 1. The van der Waals surface area contributed by atoms with E-state index in [1.165, 1.54) is 5.56 Å². The third kappa shape index (κ3) is 2.84. The zero-order valence-corrected chi connectivity index (χ0v) is 13.1. The summed E-state index contributed by atoms with van der Waals surface area (Å²) in [7, 11) is 0. The van der Waals surface area contributed by atoms with Crippen molar-refractivity contribution in [1.82, 2.24) is 5.32 Å². The molecule has 2 atom stereocenters. The van der Waals surface area contributed by atoms with E-state index in [4.69, 9.17) is 16.3 Å². The monoisotopic (exact) mass is 331 g/mol. The first kappa shape index (κ1) is 14.2. The molecule has 2 nitrogen and oxygen atoms in total. The fourth-order valence-corrected chi connectivity index (χ4v) is 3.29. The minimum absolute atomic E-state index is 0.198. The summed E-state index contributed by atoms with van der Waals surface area (Å²) in [6, 6.07) is 4.27. The highest BCUT2D eigenvalue weighted by Gasteiger charge is 2.34. The van der Waals surface area contributed by atoms with Crippen molar-refractivity contribution < 1.29 is 4.74 Å². The van der Waals surface area contributed by atoms with Crippen LogP contribution in [0.2, 0.25) is 5.02 Å². The van der Waals surface area contributed by atoms with Gasteiger partial charge >= 0.3 is 0 Å². The summed E-state index contributed by atoms with van der Waals surface area (Å²) in [4.78, 5) is 0. The average molecular weight is 333 g/mol. The van der Waals surface area contributed by atoms with E-state index >= 15 is 0 Å². The summed E-state index contributed by atoms with van der Waals surface area (Å²) >= 11 is 9.76. The van der Waals surface area contributed by atoms with Crippen LogP contribution in [0, 0.1) is 0 Å². The highest BCUT2D eigenvalue weighted by molar-refractivity contribution is 9.10. The lowest BCUT2D eigenvalue weighted by Crippen LogP contribution is -2.31. The molecule has 4 heteroatoms. The number of hydrogen-bond donors (Lipinski definition) is 1. The number of hydrogen-bond acceptors (Lipinski definition) is 2. The van der Waals surface area contributed by atoms with Gasteiger partial charge in [-0.25, -0.2) is 0 Å². The number of rotatable bonds is 5. The van der Waals surface area contributed by atoms with E-state index in [-0.39, 0.29) is 12.1 Å². The maximum atomic E-state index is 6.26. The molecule has 18 heavy (non-hydrogen) atoms. The fourth-order valence-electron chi connectivity index (χ4n) is 2.41. The van der Waals surface area contributed by atoms with E-state index in [0.717, 1.165) is 36.0 Å². The highest BCUT2D eigenvalue weighted by atomic mass is 79.9. The summed E-state index contributed by atoms with van der Waals surface area (Å²) in [5.74, 6) is 0.854. The molecule has 0 radical (unpaired) electrons. The van der Waals surface area contributed by atoms with Gasteiger partial charge in [-0.05, 0) is 31.5 Å². The van der Waals surface area contributed by atoms with Crippen molar-refractivity contribution in [2.45, 2.75) is 45.3 Å². The normalized spacial score (nSPS) is 21.8. The minimum atomic E-state index is 0.198. The van der Waals surface area contributed by atoms with Crippen molar-refractivity contribution in [1.29, 1.82) is 0 Å².